The predicted octanol–water partition coefficient (Wildman–Crippen LogP) is 0.792. The first-order valence-corrected chi connectivity index (χ1v) is 10.5. The van der Waals surface area contributed by atoms with Gasteiger partial charge < -0.3 is 24.8 Å². The Bertz CT molecular complexity index is 480. The highest BCUT2D eigenvalue weighted by Gasteiger charge is 2.31. The molecule has 0 aromatic rings. The zero-order chi connectivity index (χ0) is 19.8. The summed E-state index contributed by atoms with van der Waals surface area (Å²) < 4.78 is 5.43. The summed E-state index contributed by atoms with van der Waals surface area (Å²) in [6, 6.07) is 0.205. The molecule has 7 heteroatoms. The van der Waals surface area contributed by atoms with Gasteiger partial charge in [-0.15, -0.1) is 0 Å². The molecule has 0 aliphatic carbocycles. The van der Waals surface area contributed by atoms with Gasteiger partial charge in [-0.1, -0.05) is 6.92 Å². The molecule has 0 bridgehead atoms. The van der Waals surface area contributed by atoms with Crippen LogP contribution in [0.1, 0.15) is 40.5 Å². The Morgan fingerprint density at radius 1 is 1.15 bits per heavy atom. The third kappa shape index (κ3) is 6.73. The average molecular weight is 383 g/mol. The van der Waals surface area contributed by atoms with Gasteiger partial charge in [0.2, 0.25) is 11.8 Å². The van der Waals surface area contributed by atoms with Gasteiger partial charge in [0.25, 0.3) is 0 Å². The standard InChI is InChI=1S/C20H38N4O3/c1-5-27-14-6-8-22-9-7-19(16(2)15-22)21-17(3)20(26)24-12-10-23(11-13-24)18(4)25/h16-17,19,21H,5-15H2,1-4H3/t16-,17-,19-/m0/s1. The van der Waals surface area contributed by atoms with E-state index >= 15 is 0 Å². The van der Waals surface area contributed by atoms with Crippen LogP contribution in [-0.4, -0.2) is 97.6 Å². The van der Waals surface area contributed by atoms with Crippen molar-refractivity contribution in [2.45, 2.75) is 52.6 Å². The second kappa shape index (κ2) is 11.0. The number of likely N-dealkylation sites (tertiary alicyclic amines) is 1. The minimum absolute atomic E-state index is 0.0927. The molecular weight excluding hydrogens is 344 g/mol. The Morgan fingerprint density at radius 2 is 1.81 bits per heavy atom. The largest absolute Gasteiger partial charge is 0.382 e. The van der Waals surface area contributed by atoms with E-state index in [0.29, 0.717) is 38.1 Å². The Balaban J connectivity index is 1.71. The molecule has 1 N–H and O–H groups in total. The van der Waals surface area contributed by atoms with E-state index in [1.54, 1.807) is 6.92 Å². The van der Waals surface area contributed by atoms with E-state index in [2.05, 4.69) is 17.1 Å². The van der Waals surface area contributed by atoms with Crippen molar-refractivity contribution in [3.63, 3.8) is 0 Å². The maximum Gasteiger partial charge on any atom is 0.239 e. The monoisotopic (exact) mass is 382 g/mol. The number of piperazine rings is 1. The predicted molar refractivity (Wildman–Crippen MR) is 107 cm³/mol. The molecule has 0 aromatic carbocycles. The first kappa shape index (κ1) is 22.1. The number of rotatable bonds is 8. The van der Waals surface area contributed by atoms with Gasteiger partial charge in [0.15, 0.2) is 0 Å². The minimum Gasteiger partial charge on any atom is -0.382 e. The average Bonchev–Trinajstić information content (AvgIpc) is 2.66. The highest BCUT2D eigenvalue weighted by molar-refractivity contribution is 5.82. The fourth-order valence-electron chi connectivity index (χ4n) is 4.13. The SMILES string of the molecule is CCOCCCN1CC[C@H](N[C@@H](C)C(=O)N2CCN(C(C)=O)CC2)[C@@H](C)C1. The number of ether oxygens (including phenoxy) is 1. The third-order valence-electron chi connectivity index (χ3n) is 5.83. The molecule has 2 saturated heterocycles. The highest BCUT2D eigenvalue weighted by atomic mass is 16.5. The molecule has 3 atom stereocenters. The molecule has 7 nitrogen and oxygen atoms in total. The van der Waals surface area contributed by atoms with E-state index in [4.69, 9.17) is 4.74 Å². The number of nitrogens with zero attached hydrogens (tertiary/aromatic N) is 3. The minimum atomic E-state index is -0.175. The molecule has 0 unspecified atom stereocenters. The Hall–Kier alpha value is -1.18. The topological polar surface area (TPSA) is 65.1 Å². The van der Waals surface area contributed by atoms with E-state index in [-0.39, 0.29) is 17.9 Å². The van der Waals surface area contributed by atoms with Gasteiger partial charge in [0.1, 0.15) is 0 Å². The van der Waals surface area contributed by atoms with Gasteiger partial charge in [-0.2, -0.15) is 0 Å². The van der Waals surface area contributed by atoms with Crippen LogP contribution < -0.4 is 5.32 Å². The van der Waals surface area contributed by atoms with E-state index in [1.807, 2.05) is 23.6 Å². The third-order valence-corrected chi connectivity index (χ3v) is 5.83. The van der Waals surface area contributed by atoms with Crippen molar-refractivity contribution >= 4 is 11.8 Å². The van der Waals surface area contributed by atoms with Gasteiger partial charge in [0.05, 0.1) is 6.04 Å². The molecule has 156 valence electrons. The van der Waals surface area contributed by atoms with Crippen molar-refractivity contribution in [2.24, 2.45) is 5.92 Å². The lowest BCUT2D eigenvalue weighted by Gasteiger charge is -2.40. The van der Waals surface area contributed by atoms with E-state index in [0.717, 1.165) is 45.7 Å². The lowest BCUT2D eigenvalue weighted by molar-refractivity contribution is -0.139. The van der Waals surface area contributed by atoms with E-state index < -0.39 is 0 Å². The van der Waals surface area contributed by atoms with Crippen molar-refractivity contribution in [3.8, 4) is 0 Å². The molecule has 2 aliphatic rings. The molecule has 27 heavy (non-hydrogen) atoms. The molecule has 2 heterocycles. The normalized spacial score (nSPS) is 25.5. The first-order valence-electron chi connectivity index (χ1n) is 10.5. The summed E-state index contributed by atoms with van der Waals surface area (Å²) >= 11 is 0. The Kier molecular flexibility index (Phi) is 8.99. The lowest BCUT2D eigenvalue weighted by atomic mass is 9.93. The van der Waals surface area contributed by atoms with Crippen LogP contribution in [0, 0.1) is 5.92 Å². The number of hydrogen-bond donors (Lipinski definition) is 1. The fourth-order valence-corrected chi connectivity index (χ4v) is 4.13. The van der Waals surface area contributed by atoms with Crippen LogP contribution in [0.25, 0.3) is 0 Å². The molecular formula is C20H38N4O3. The lowest BCUT2D eigenvalue weighted by Crippen LogP contribution is -2.57. The van der Waals surface area contributed by atoms with Crippen LogP contribution in [0.4, 0.5) is 0 Å². The second-order valence-corrected chi connectivity index (χ2v) is 7.94. The van der Waals surface area contributed by atoms with Crippen LogP contribution in [-0.2, 0) is 14.3 Å². The van der Waals surface area contributed by atoms with Gasteiger partial charge in [0, 0.05) is 65.4 Å². The second-order valence-electron chi connectivity index (χ2n) is 7.94. The van der Waals surface area contributed by atoms with Crippen molar-refractivity contribution in [1.29, 1.82) is 0 Å². The van der Waals surface area contributed by atoms with Crippen LogP contribution in [0.2, 0.25) is 0 Å². The maximum absolute atomic E-state index is 12.8. The molecule has 2 amide bonds. The summed E-state index contributed by atoms with van der Waals surface area (Å²) in [6.07, 6.45) is 2.16. The Labute approximate surface area is 164 Å². The number of carbonyl (C=O) groups is 2. The van der Waals surface area contributed by atoms with Crippen molar-refractivity contribution < 1.29 is 14.3 Å². The molecule has 2 aliphatic heterocycles. The first-order chi connectivity index (χ1) is 12.9. The number of amides is 2. The van der Waals surface area contributed by atoms with Gasteiger partial charge in [-0.25, -0.2) is 0 Å². The fraction of sp³-hybridized carbons (Fsp3) is 0.900. The van der Waals surface area contributed by atoms with Crippen molar-refractivity contribution in [2.75, 3.05) is 59.0 Å². The van der Waals surface area contributed by atoms with Crippen LogP contribution in [0.5, 0.6) is 0 Å². The van der Waals surface area contributed by atoms with E-state index in [9.17, 15) is 9.59 Å². The van der Waals surface area contributed by atoms with Crippen molar-refractivity contribution in [1.82, 2.24) is 20.0 Å². The summed E-state index contributed by atoms with van der Waals surface area (Å²) in [4.78, 5) is 30.4. The van der Waals surface area contributed by atoms with Crippen LogP contribution in [0.3, 0.4) is 0 Å². The summed E-state index contributed by atoms with van der Waals surface area (Å²) in [5.74, 6) is 0.773. The summed E-state index contributed by atoms with van der Waals surface area (Å²) in [5.41, 5.74) is 0. The molecule has 0 radical (unpaired) electrons. The molecule has 2 fully saturated rings. The van der Waals surface area contributed by atoms with E-state index in [1.165, 1.54) is 0 Å². The molecule has 0 aromatic heterocycles. The molecule has 2 rings (SSSR count). The summed E-state index contributed by atoms with van der Waals surface area (Å²) in [6.45, 7) is 15.3. The number of hydrogen-bond acceptors (Lipinski definition) is 5. The number of carbonyl (C=O) groups excluding carboxylic acids is 2. The smallest absolute Gasteiger partial charge is 0.239 e. The molecule has 0 spiro atoms. The van der Waals surface area contributed by atoms with Crippen LogP contribution in [0.15, 0.2) is 0 Å². The zero-order valence-corrected chi connectivity index (χ0v) is 17.6. The summed E-state index contributed by atoms with van der Waals surface area (Å²) in [5, 5.41) is 3.57. The highest BCUT2D eigenvalue weighted by Crippen LogP contribution is 2.18. The van der Waals surface area contributed by atoms with Crippen molar-refractivity contribution in [3.05, 3.63) is 0 Å². The number of nitrogens with one attached hydrogen (secondary N) is 1. The van der Waals surface area contributed by atoms with Gasteiger partial charge in [-0.05, 0) is 39.2 Å². The number of piperidine rings is 1. The quantitative estimate of drug-likeness (QED) is 0.629. The van der Waals surface area contributed by atoms with Gasteiger partial charge in [-0.3, -0.25) is 9.59 Å². The summed E-state index contributed by atoms with van der Waals surface area (Å²) in [7, 11) is 0. The zero-order valence-electron chi connectivity index (χ0n) is 17.6. The Morgan fingerprint density at radius 3 is 2.41 bits per heavy atom. The van der Waals surface area contributed by atoms with Gasteiger partial charge >= 0.3 is 0 Å². The van der Waals surface area contributed by atoms with Crippen LogP contribution >= 0.6 is 0 Å². The maximum atomic E-state index is 12.8. The molecule has 0 saturated carbocycles.